The number of halogens is 1. The van der Waals surface area contributed by atoms with E-state index in [-0.39, 0.29) is 17.4 Å². The minimum atomic E-state index is -0.752. The van der Waals surface area contributed by atoms with Crippen molar-refractivity contribution in [2.75, 3.05) is 19.6 Å². The highest BCUT2D eigenvalue weighted by Gasteiger charge is 2.40. The Labute approximate surface area is 150 Å². The number of urea groups is 1. The second kappa shape index (κ2) is 7.13. The summed E-state index contributed by atoms with van der Waals surface area (Å²) >= 11 is 3.63. The summed E-state index contributed by atoms with van der Waals surface area (Å²) in [4.78, 5) is 25.2. The molecule has 0 unspecified atom stereocenters. The fraction of sp³-hybridized carbons (Fsp3) is 0.556. The Morgan fingerprint density at radius 3 is 2.46 bits per heavy atom. The molecule has 0 bridgehead atoms. The van der Waals surface area contributed by atoms with Crippen molar-refractivity contribution in [2.24, 2.45) is 5.92 Å². The predicted octanol–water partition coefficient (Wildman–Crippen LogP) is 3.38. The van der Waals surface area contributed by atoms with E-state index in [9.17, 15) is 9.59 Å². The summed E-state index contributed by atoms with van der Waals surface area (Å²) in [5, 5.41) is 12.1. The highest BCUT2D eigenvalue weighted by atomic mass is 79.9. The molecule has 2 fully saturated rings. The van der Waals surface area contributed by atoms with Gasteiger partial charge < -0.3 is 15.3 Å². The molecule has 0 radical (unpaired) electrons. The number of nitrogens with zero attached hydrogens (tertiary/aromatic N) is 1. The smallest absolute Gasteiger partial charge is 0.317 e. The van der Waals surface area contributed by atoms with Crippen LogP contribution in [0.15, 0.2) is 28.7 Å². The lowest BCUT2D eigenvalue weighted by Gasteiger charge is -2.43. The lowest BCUT2D eigenvalue weighted by atomic mass is 9.64. The van der Waals surface area contributed by atoms with Crippen molar-refractivity contribution in [2.45, 2.75) is 37.5 Å². The quantitative estimate of drug-likeness (QED) is 0.821. The van der Waals surface area contributed by atoms with Gasteiger partial charge in [0.05, 0.1) is 5.92 Å². The highest BCUT2D eigenvalue weighted by molar-refractivity contribution is 9.10. The molecule has 1 aliphatic heterocycles. The number of aliphatic carboxylic acids is 1. The summed E-state index contributed by atoms with van der Waals surface area (Å²) < 4.78 is 1.10. The van der Waals surface area contributed by atoms with Gasteiger partial charge in [-0.2, -0.15) is 0 Å². The average Bonchev–Trinajstić information content (AvgIpc) is 2.55. The number of rotatable bonds is 4. The van der Waals surface area contributed by atoms with Crippen LogP contribution in [0, 0.1) is 5.92 Å². The lowest BCUT2D eigenvalue weighted by Crippen LogP contribution is -2.51. The first kappa shape index (κ1) is 17.3. The average molecular weight is 395 g/mol. The van der Waals surface area contributed by atoms with Crippen molar-refractivity contribution < 1.29 is 14.7 Å². The van der Waals surface area contributed by atoms with Gasteiger partial charge in [-0.3, -0.25) is 4.79 Å². The van der Waals surface area contributed by atoms with Gasteiger partial charge in [0.25, 0.3) is 0 Å². The van der Waals surface area contributed by atoms with Gasteiger partial charge in [0.1, 0.15) is 0 Å². The molecule has 6 heteroatoms. The predicted molar refractivity (Wildman–Crippen MR) is 95.0 cm³/mol. The minimum absolute atomic E-state index is 0.0230. The molecule has 130 valence electrons. The number of benzene rings is 1. The van der Waals surface area contributed by atoms with E-state index in [0.717, 1.165) is 17.3 Å². The van der Waals surface area contributed by atoms with Gasteiger partial charge in [0.2, 0.25) is 0 Å². The molecule has 1 aromatic carbocycles. The molecule has 5 nitrogen and oxygen atoms in total. The summed E-state index contributed by atoms with van der Waals surface area (Å²) in [5.41, 5.74) is 1.29. The van der Waals surface area contributed by atoms with E-state index in [1.807, 2.05) is 18.2 Å². The van der Waals surface area contributed by atoms with Crippen LogP contribution in [0.1, 0.15) is 37.7 Å². The monoisotopic (exact) mass is 394 g/mol. The number of nitrogens with one attached hydrogen (secondary N) is 1. The van der Waals surface area contributed by atoms with Crippen LogP contribution in [0.4, 0.5) is 4.79 Å². The normalized spacial score (nSPS) is 20.3. The van der Waals surface area contributed by atoms with Crippen LogP contribution in [0.2, 0.25) is 0 Å². The Morgan fingerprint density at radius 2 is 1.92 bits per heavy atom. The number of hydrogen-bond donors (Lipinski definition) is 2. The maximum atomic E-state index is 12.4. The third-order valence-electron chi connectivity index (χ3n) is 5.47. The number of piperidine rings is 1. The molecule has 2 N–H and O–H groups in total. The molecular formula is C18H23BrN2O3. The number of hydrogen-bond acceptors (Lipinski definition) is 2. The van der Waals surface area contributed by atoms with Gasteiger partial charge in [-0.25, -0.2) is 4.79 Å². The molecule has 1 heterocycles. The van der Waals surface area contributed by atoms with Crippen LogP contribution < -0.4 is 5.32 Å². The molecule has 3 rings (SSSR count). The van der Waals surface area contributed by atoms with E-state index in [0.29, 0.717) is 32.5 Å². The van der Waals surface area contributed by atoms with Crippen molar-refractivity contribution in [3.05, 3.63) is 34.3 Å². The van der Waals surface area contributed by atoms with Gasteiger partial charge >= 0.3 is 12.0 Å². The summed E-state index contributed by atoms with van der Waals surface area (Å²) in [6.07, 6.45) is 4.42. The van der Waals surface area contributed by atoms with Crippen molar-refractivity contribution in [3.8, 4) is 0 Å². The third-order valence-corrected chi connectivity index (χ3v) is 6.16. The fourth-order valence-electron chi connectivity index (χ4n) is 3.72. The highest BCUT2D eigenvalue weighted by Crippen LogP contribution is 2.45. The first-order chi connectivity index (χ1) is 11.5. The van der Waals surface area contributed by atoms with Crippen molar-refractivity contribution >= 4 is 27.9 Å². The van der Waals surface area contributed by atoms with E-state index in [2.05, 4.69) is 27.3 Å². The maximum Gasteiger partial charge on any atom is 0.317 e. The Morgan fingerprint density at radius 1 is 1.25 bits per heavy atom. The SMILES string of the molecule is O=C(O)C1CCN(C(=O)NCC2(c3ccccc3Br)CCC2)CC1. The number of likely N-dealkylation sites (tertiary alicyclic amines) is 1. The molecule has 24 heavy (non-hydrogen) atoms. The molecule has 1 saturated heterocycles. The van der Waals surface area contributed by atoms with Gasteiger partial charge in [0.15, 0.2) is 0 Å². The van der Waals surface area contributed by atoms with Gasteiger partial charge in [-0.1, -0.05) is 40.5 Å². The largest absolute Gasteiger partial charge is 0.481 e. The molecular weight excluding hydrogens is 372 g/mol. The molecule has 0 aromatic heterocycles. The Bertz CT molecular complexity index is 622. The zero-order valence-corrected chi connectivity index (χ0v) is 15.2. The van der Waals surface area contributed by atoms with Crippen LogP contribution in [0.5, 0.6) is 0 Å². The first-order valence-corrected chi connectivity index (χ1v) is 9.32. The Hall–Kier alpha value is -1.56. The number of carboxylic acids is 1. The fourth-order valence-corrected chi connectivity index (χ4v) is 4.43. The number of carbonyl (C=O) groups excluding carboxylic acids is 1. The van der Waals surface area contributed by atoms with E-state index < -0.39 is 5.97 Å². The minimum Gasteiger partial charge on any atom is -0.481 e. The maximum absolute atomic E-state index is 12.4. The zero-order chi connectivity index (χ0) is 17.2. The Balaban J connectivity index is 1.58. The Kier molecular flexibility index (Phi) is 5.13. The van der Waals surface area contributed by atoms with Crippen LogP contribution in [-0.4, -0.2) is 41.6 Å². The van der Waals surface area contributed by atoms with Crippen LogP contribution in [-0.2, 0) is 10.2 Å². The van der Waals surface area contributed by atoms with E-state index in [4.69, 9.17) is 5.11 Å². The lowest BCUT2D eigenvalue weighted by molar-refractivity contribution is -0.143. The van der Waals surface area contributed by atoms with Gasteiger partial charge in [0, 0.05) is 29.5 Å². The molecule has 2 amide bonds. The van der Waals surface area contributed by atoms with Crippen LogP contribution >= 0.6 is 15.9 Å². The summed E-state index contributed by atoms with van der Waals surface area (Å²) in [6, 6.07) is 8.16. The van der Waals surface area contributed by atoms with Crippen molar-refractivity contribution in [3.63, 3.8) is 0 Å². The van der Waals surface area contributed by atoms with E-state index in [1.54, 1.807) is 4.90 Å². The topological polar surface area (TPSA) is 69.6 Å². The zero-order valence-electron chi connectivity index (χ0n) is 13.6. The molecule has 0 spiro atoms. The van der Waals surface area contributed by atoms with E-state index >= 15 is 0 Å². The third kappa shape index (κ3) is 3.43. The molecule has 0 atom stereocenters. The van der Waals surface area contributed by atoms with Gasteiger partial charge in [-0.05, 0) is 37.3 Å². The van der Waals surface area contributed by atoms with Crippen molar-refractivity contribution in [1.82, 2.24) is 10.2 Å². The van der Waals surface area contributed by atoms with Crippen LogP contribution in [0.3, 0.4) is 0 Å². The molecule has 1 aromatic rings. The summed E-state index contributed by atoms with van der Waals surface area (Å²) in [6.45, 7) is 1.67. The number of carboxylic acid groups (broad SMARTS) is 1. The molecule has 1 aliphatic carbocycles. The van der Waals surface area contributed by atoms with Crippen LogP contribution in [0.25, 0.3) is 0 Å². The number of carbonyl (C=O) groups is 2. The van der Waals surface area contributed by atoms with Gasteiger partial charge in [-0.15, -0.1) is 0 Å². The number of amides is 2. The first-order valence-electron chi connectivity index (χ1n) is 8.52. The molecule has 1 saturated carbocycles. The van der Waals surface area contributed by atoms with E-state index in [1.165, 1.54) is 12.0 Å². The second-order valence-electron chi connectivity index (χ2n) is 6.87. The second-order valence-corrected chi connectivity index (χ2v) is 7.73. The molecule has 2 aliphatic rings. The standard InChI is InChI=1S/C18H23BrN2O3/c19-15-5-2-1-4-14(15)18(8-3-9-18)12-20-17(24)21-10-6-13(7-11-21)16(22)23/h1-2,4-5,13H,3,6-12H2,(H,20,24)(H,22,23). The summed E-state index contributed by atoms with van der Waals surface area (Å²) in [7, 11) is 0. The summed E-state index contributed by atoms with van der Waals surface area (Å²) in [5.74, 6) is -1.07. The van der Waals surface area contributed by atoms with Crippen molar-refractivity contribution in [1.29, 1.82) is 0 Å².